The van der Waals surface area contributed by atoms with Crippen LogP contribution in [-0.2, 0) is 13.6 Å². The molecular formula is C14H25F2N7. The van der Waals surface area contributed by atoms with Crippen molar-refractivity contribution in [3.8, 4) is 0 Å². The monoisotopic (exact) mass is 329 g/mol. The Hall–Kier alpha value is -1.77. The van der Waals surface area contributed by atoms with Crippen LogP contribution in [0.1, 0.15) is 25.6 Å². The molecule has 1 aliphatic rings. The van der Waals surface area contributed by atoms with Gasteiger partial charge in [0.1, 0.15) is 18.7 Å². The van der Waals surface area contributed by atoms with Gasteiger partial charge in [0.05, 0.1) is 6.54 Å². The summed E-state index contributed by atoms with van der Waals surface area (Å²) >= 11 is 0. The molecule has 0 bridgehead atoms. The quantitative estimate of drug-likeness (QED) is 0.591. The fourth-order valence-electron chi connectivity index (χ4n) is 2.58. The van der Waals surface area contributed by atoms with Gasteiger partial charge in [0.15, 0.2) is 5.96 Å². The second-order valence-corrected chi connectivity index (χ2v) is 5.61. The Morgan fingerprint density at radius 1 is 1.43 bits per heavy atom. The molecule has 1 aliphatic heterocycles. The van der Waals surface area contributed by atoms with Gasteiger partial charge in [-0.1, -0.05) is 0 Å². The van der Waals surface area contributed by atoms with E-state index in [1.807, 2.05) is 18.9 Å². The van der Waals surface area contributed by atoms with Crippen LogP contribution in [0, 0.1) is 0 Å². The minimum atomic E-state index is -2.26. The van der Waals surface area contributed by atoms with Crippen LogP contribution in [0.15, 0.2) is 11.3 Å². The van der Waals surface area contributed by atoms with E-state index in [1.54, 1.807) is 4.68 Å². The maximum absolute atomic E-state index is 12.4. The summed E-state index contributed by atoms with van der Waals surface area (Å²) in [6, 6.07) is 0.251. The van der Waals surface area contributed by atoms with Crippen LogP contribution >= 0.6 is 0 Å². The maximum atomic E-state index is 12.4. The summed E-state index contributed by atoms with van der Waals surface area (Å²) in [5.74, 6) is 1.51. The number of nitrogens with zero attached hydrogens (tertiary/aromatic N) is 5. The summed E-state index contributed by atoms with van der Waals surface area (Å²) < 4.78 is 26.5. The highest BCUT2D eigenvalue weighted by Crippen LogP contribution is 2.11. The van der Waals surface area contributed by atoms with Gasteiger partial charge in [-0.15, -0.1) is 0 Å². The van der Waals surface area contributed by atoms with Crippen molar-refractivity contribution in [3.05, 3.63) is 12.2 Å². The van der Waals surface area contributed by atoms with Crippen LogP contribution in [0.2, 0.25) is 0 Å². The Balaban J connectivity index is 1.84. The van der Waals surface area contributed by atoms with Crippen molar-refractivity contribution in [1.29, 1.82) is 0 Å². The van der Waals surface area contributed by atoms with Crippen LogP contribution in [0.4, 0.5) is 8.78 Å². The third kappa shape index (κ3) is 5.74. The highest BCUT2D eigenvalue weighted by Gasteiger charge is 2.21. The number of guanidine groups is 1. The third-order valence-corrected chi connectivity index (χ3v) is 3.85. The molecule has 1 fully saturated rings. The minimum absolute atomic E-state index is 0.132. The Kier molecular flexibility index (Phi) is 6.69. The first kappa shape index (κ1) is 17.6. The van der Waals surface area contributed by atoms with Crippen molar-refractivity contribution < 1.29 is 8.78 Å². The summed E-state index contributed by atoms with van der Waals surface area (Å²) in [6.45, 7) is 4.44. The lowest BCUT2D eigenvalue weighted by Gasteiger charge is -2.32. The molecule has 0 saturated carbocycles. The number of piperidine rings is 1. The topological polar surface area (TPSA) is 70.4 Å². The second kappa shape index (κ2) is 8.76. The molecule has 0 unspecified atom stereocenters. The Morgan fingerprint density at radius 3 is 2.74 bits per heavy atom. The van der Waals surface area contributed by atoms with E-state index >= 15 is 0 Å². The number of halogens is 2. The molecule has 23 heavy (non-hydrogen) atoms. The molecule has 0 radical (unpaired) electrons. The molecule has 2 N–H and O–H groups in total. The molecule has 0 aromatic carbocycles. The molecule has 0 atom stereocenters. The molecule has 1 saturated heterocycles. The zero-order valence-electron chi connectivity index (χ0n) is 13.7. The van der Waals surface area contributed by atoms with Gasteiger partial charge in [-0.3, -0.25) is 9.58 Å². The summed E-state index contributed by atoms with van der Waals surface area (Å²) in [6.07, 6.45) is 0.913. The van der Waals surface area contributed by atoms with E-state index in [0.717, 1.165) is 31.2 Å². The van der Waals surface area contributed by atoms with Crippen molar-refractivity contribution in [3.63, 3.8) is 0 Å². The van der Waals surface area contributed by atoms with Gasteiger partial charge in [-0.05, 0) is 19.8 Å². The molecule has 1 aromatic heterocycles. The fraction of sp³-hybridized carbons (Fsp3) is 0.786. The highest BCUT2D eigenvalue weighted by atomic mass is 19.3. The summed E-state index contributed by atoms with van der Waals surface area (Å²) in [5.41, 5.74) is 0. The fourth-order valence-corrected chi connectivity index (χ4v) is 2.58. The predicted molar refractivity (Wildman–Crippen MR) is 84.4 cm³/mol. The van der Waals surface area contributed by atoms with Gasteiger partial charge in [0.2, 0.25) is 0 Å². The summed E-state index contributed by atoms with van der Waals surface area (Å²) in [5, 5.41) is 10.6. The van der Waals surface area contributed by atoms with Crippen molar-refractivity contribution in [1.82, 2.24) is 30.3 Å². The lowest BCUT2D eigenvalue weighted by Crippen LogP contribution is -2.49. The van der Waals surface area contributed by atoms with E-state index in [1.165, 1.54) is 6.33 Å². The molecule has 0 spiro atoms. The molecule has 9 heteroatoms. The number of likely N-dealkylation sites (tertiary alicyclic amines) is 1. The first-order valence-corrected chi connectivity index (χ1v) is 7.96. The molecule has 7 nitrogen and oxygen atoms in total. The SMILES string of the molecule is CCNC(=NCc1ncnn1C)NC1CCN(CC(F)F)CC1. The average molecular weight is 329 g/mol. The lowest BCUT2D eigenvalue weighted by molar-refractivity contribution is 0.0744. The number of aliphatic imine (C=N–C) groups is 1. The minimum Gasteiger partial charge on any atom is -0.357 e. The van der Waals surface area contributed by atoms with Crippen LogP contribution < -0.4 is 10.6 Å². The van der Waals surface area contributed by atoms with Gasteiger partial charge < -0.3 is 10.6 Å². The van der Waals surface area contributed by atoms with Crippen LogP contribution in [0.3, 0.4) is 0 Å². The maximum Gasteiger partial charge on any atom is 0.251 e. The molecule has 1 aromatic rings. The first-order valence-electron chi connectivity index (χ1n) is 7.96. The van der Waals surface area contributed by atoms with E-state index in [9.17, 15) is 8.78 Å². The van der Waals surface area contributed by atoms with E-state index in [4.69, 9.17) is 0 Å². The Morgan fingerprint density at radius 2 is 2.17 bits per heavy atom. The first-order chi connectivity index (χ1) is 11.1. The van der Waals surface area contributed by atoms with Crippen LogP contribution in [-0.4, -0.2) is 64.3 Å². The number of hydrogen-bond acceptors (Lipinski definition) is 4. The molecule has 2 heterocycles. The normalized spacial score (nSPS) is 17.7. The highest BCUT2D eigenvalue weighted by molar-refractivity contribution is 5.80. The van der Waals surface area contributed by atoms with E-state index < -0.39 is 6.43 Å². The number of alkyl halides is 2. The van der Waals surface area contributed by atoms with Crippen molar-refractivity contribution in [2.75, 3.05) is 26.2 Å². The number of nitrogens with one attached hydrogen (secondary N) is 2. The third-order valence-electron chi connectivity index (χ3n) is 3.85. The number of rotatable bonds is 6. The molecular weight excluding hydrogens is 304 g/mol. The van der Waals surface area contributed by atoms with E-state index in [-0.39, 0.29) is 12.6 Å². The van der Waals surface area contributed by atoms with Gasteiger partial charge in [0.25, 0.3) is 6.43 Å². The van der Waals surface area contributed by atoms with Crippen LogP contribution in [0.25, 0.3) is 0 Å². The molecule has 0 aliphatic carbocycles. The summed E-state index contributed by atoms with van der Waals surface area (Å²) in [4.78, 5) is 10.5. The van der Waals surface area contributed by atoms with Gasteiger partial charge in [-0.25, -0.2) is 18.8 Å². The standard InChI is InChI=1S/C14H25F2N7/c1-3-17-14(18-8-13-19-10-20-22(13)2)21-11-4-6-23(7-5-11)9-12(15)16/h10-12H,3-9H2,1-2H3,(H2,17,18,21). The van der Waals surface area contributed by atoms with Gasteiger partial charge in [-0.2, -0.15) is 5.10 Å². The van der Waals surface area contributed by atoms with Gasteiger partial charge in [0, 0.05) is 32.7 Å². The average Bonchev–Trinajstić information content (AvgIpc) is 2.92. The van der Waals surface area contributed by atoms with Crippen molar-refractivity contribution in [2.24, 2.45) is 12.0 Å². The van der Waals surface area contributed by atoms with Gasteiger partial charge >= 0.3 is 0 Å². The largest absolute Gasteiger partial charge is 0.357 e. The zero-order valence-corrected chi connectivity index (χ0v) is 13.7. The van der Waals surface area contributed by atoms with E-state index in [2.05, 4.69) is 25.7 Å². The lowest BCUT2D eigenvalue weighted by atomic mass is 10.1. The number of aromatic nitrogens is 3. The number of hydrogen-bond donors (Lipinski definition) is 2. The Bertz CT molecular complexity index is 495. The van der Waals surface area contributed by atoms with E-state index in [0.29, 0.717) is 19.6 Å². The second-order valence-electron chi connectivity index (χ2n) is 5.61. The predicted octanol–water partition coefficient (Wildman–Crippen LogP) is 0.600. The smallest absolute Gasteiger partial charge is 0.251 e. The van der Waals surface area contributed by atoms with Crippen molar-refractivity contribution >= 4 is 5.96 Å². The molecule has 130 valence electrons. The Labute approximate surface area is 135 Å². The van der Waals surface area contributed by atoms with Crippen molar-refractivity contribution in [2.45, 2.75) is 38.8 Å². The zero-order chi connectivity index (χ0) is 16.7. The van der Waals surface area contributed by atoms with Crippen LogP contribution in [0.5, 0.6) is 0 Å². The summed E-state index contributed by atoms with van der Waals surface area (Å²) in [7, 11) is 1.83. The molecule has 0 amide bonds. The molecule has 2 rings (SSSR count). The number of aryl methyl sites for hydroxylation is 1.